The molecule has 2 aromatic heterocycles. The average molecular weight is 765 g/mol. The Bertz CT molecular complexity index is 2140. The minimum Gasteiger partial charge on any atom is -0.471 e. The fourth-order valence-electron chi connectivity index (χ4n) is 7.24. The molecule has 4 N–H and O–H groups in total. The van der Waals surface area contributed by atoms with Crippen LogP contribution in [0.2, 0.25) is 0 Å². The smallest absolute Gasteiger partial charge is 0.272 e. The number of fused-ring (bicyclic) bond motifs is 3. The third kappa shape index (κ3) is 7.42. The minimum atomic E-state index is -4.01. The third-order valence-electron chi connectivity index (χ3n) is 11.0. The van der Waals surface area contributed by atoms with E-state index in [9.17, 15) is 32.0 Å². The molecule has 15 nitrogen and oxygen atoms in total. The van der Waals surface area contributed by atoms with E-state index in [1.54, 1.807) is 19.9 Å². The van der Waals surface area contributed by atoms with Crippen molar-refractivity contribution in [3.8, 4) is 5.88 Å². The molecule has 1 aromatic carbocycles. The highest BCUT2D eigenvalue weighted by Gasteiger charge is 2.63. The Balaban J connectivity index is 1.21. The molecule has 1 saturated heterocycles. The number of nitrogens with zero attached hydrogens (tertiary/aromatic N) is 4. The van der Waals surface area contributed by atoms with Crippen LogP contribution in [0.1, 0.15) is 93.5 Å². The lowest BCUT2D eigenvalue weighted by Gasteiger charge is -2.30. The summed E-state index contributed by atoms with van der Waals surface area (Å²) >= 11 is 0. The van der Waals surface area contributed by atoms with Gasteiger partial charge in [-0.05, 0) is 77.0 Å². The van der Waals surface area contributed by atoms with Crippen LogP contribution >= 0.6 is 0 Å². The van der Waals surface area contributed by atoms with Crippen LogP contribution in [0, 0.1) is 18.7 Å². The first kappa shape index (κ1) is 37.4. The zero-order chi connectivity index (χ0) is 38.4. The van der Waals surface area contributed by atoms with Crippen LogP contribution in [0.4, 0.5) is 4.39 Å². The molecule has 5 atom stereocenters. The van der Waals surface area contributed by atoms with E-state index in [0.717, 1.165) is 12.8 Å². The SMILES string of the molecule is CCc1nc2ccc(F)cc2nc1O[C@@H]1C[C@H]2C(=O)N[C@]3(C(=O)NS(=O)(=O)C4(C)CC4)C[C@H]3C=CCCCCC[C@H](NC(=O)c3cc(C)[nH]n3)C(=O)N2C1. The van der Waals surface area contributed by atoms with Gasteiger partial charge < -0.3 is 20.3 Å². The molecule has 0 radical (unpaired) electrons. The van der Waals surface area contributed by atoms with Crippen molar-refractivity contribution in [2.24, 2.45) is 5.92 Å². The molecule has 17 heteroatoms. The fraction of sp³-hybridized carbons (Fsp3) is 0.541. The monoisotopic (exact) mass is 764 g/mol. The summed E-state index contributed by atoms with van der Waals surface area (Å²) in [5.41, 5.74) is 0.487. The van der Waals surface area contributed by atoms with E-state index in [2.05, 4.69) is 35.5 Å². The molecule has 4 heterocycles. The molecule has 3 fully saturated rings. The molecule has 7 rings (SSSR count). The second-order valence-corrected chi connectivity index (χ2v) is 17.3. The number of rotatable bonds is 8. The summed E-state index contributed by atoms with van der Waals surface area (Å²) in [7, 11) is -4.01. The number of carbonyl (C=O) groups is 4. The fourth-order valence-corrected chi connectivity index (χ4v) is 8.56. The zero-order valence-corrected chi connectivity index (χ0v) is 31.3. The summed E-state index contributed by atoms with van der Waals surface area (Å²) in [6.07, 6.45) is 7.52. The molecule has 2 saturated carbocycles. The molecule has 288 valence electrons. The van der Waals surface area contributed by atoms with Gasteiger partial charge in [-0.3, -0.25) is 29.0 Å². The van der Waals surface area contributed by atoms with Gasteiger partial charge in [-0.1, -0.05) is 31.9 Å². The van der Waals surface area contributed by atoms with E-state index in [-0.39, 0.29) is 36.5 Å². The standard InChI is InChI=1S/C37H45FN8O7S/c1-4-25-33(41-28-17-23(38)12-13-26(28)39-25)53-24-18-30-32(48)42-37(35(50)45-54(51,52)36(3)14-15-36)19-22(37)10-8-6-5-7-9-11-27(34(49)46(30)20-24)40-31(47)29-16-21(2)43-44-29/h8,10,12-13,16-17,22,24,27,30H,4-7,9,11,14-15,18-20H2,1-3H3,(H,40,47)(H,42,48)(H,43,44)(H,45,50)/t22-,24-,27+,30+,37-/m1/s1. The second kappa shape index (κ2) is 14.4. The maximum absolute atomic E-state index is 14.5. The highest BCUT2D eigenvalue weighted by atomic mass is 32.2. The van der Waals surface area contributed by atoms with Gasteiger partial charge in [0.2, 0.25) is 27.7 Å². The Morgan fingerprint density at radius 2 is 1.91 bits per heavy atom. The largest absolute Gasteiger partial charge is 0.471 e. The van der Waals surface area contributed by atoms with Crippen molar-refractivity contribution < 1.29 is 36.7 Å². The summed E-state index contributed by atoms with van der Waals surface area (Å²) in [4.78, 5) is 66.5. The van der Waals surface area contributed by atoms with E-state index in [1.807, 2.05) is 19.1 Å². The molecule has 0 unspecified atom stereocenters. The molecule has 2 aliphatic carbocycles. The number of allylic oxidation sites excluding steroid dienone is 1. The molecule has 4 amide bonds. The number of hydrogen-bond acceptors (Lipinski definition) is 10. The number of aromatic nitrogens is 4. The summed E-state index contributed by atoms with van der Waals surface area (Å²) in [5, 5.41) is 12.4. The highest BCUT2D eigenvalue weighted by molar-refractivity contribution is 7.91. The van der Waals surface area contributed by atoms with Crippen molar-refractivity contribution in [1.82, 2.24) is 40.4 Å². The normalized spacial score (nSPS) is 26.9. The summed E-state index contributed by atoms with van der Waals surface area (Å²) in [6, 6.07) is 3.44. The molecule has 54 heavy (non-hydrogen) atoms. The molecule has 4 aliphatic rings. The van der Waals surface area contributed by atoms with Crippen LogP contribution in [0.15, 0.2) is 36.4 Å². The number of ether oxygens (including phenoxy) is 1. The molecule has 0 bridgehead atoms. The van der Waals surface area contributed by atoms with E-state index in [4.69, 9.17) is 4.74 Å². The van der Waals surface area contributed by atoms with Crippen molar-refractivity contribution in [3.05, 3.63) is 59.3 Å². The van der Waals surface area contributed by atoms with Gasteiger partial charge in [0, 0.05) is 24.1 Å². The van der Waals surface area contributed by atoms with Crippen LogP contribution in [0.3, 0.4) is 0 Å². The van der Waals surface area contributed by atoms with Crippen molar-refractivity contribution in [2.75, 3.05) is 6.54 Å². The number of amides is 4. The Morgan fingerprint density at radius 1 is 1.11 bits per heavy atom. The van der Waals surface area contributed by atoms with Gasteiger partial charge >= 0.3 is 0 Å². The van der Waals surface area contributed by atoms with E-state index < -0.39 is 73.9 Å². The minimum absolute atomic E-state index is 0.0165. The van der Waals surface area contributed by atoms with Gasteiger partial charge in [0.25, 0.3) is 11.8 Å². The molecule has 0 spiro atoms. The number of benzene rings is 1. The Morgan fingerprint density at radius 3 is 2.63 bits per heavy atom. The van der Waals surface area contributed by atoms with Gasteiger partial charge in [-0.25, -0.2) is 22.8 Å². The lowest BCUT2D eigenvalue weighted by molar-refractivity contribution is -0.141. The average Bonchev–Trinajstić information content (AvgIpc) is 3.93. The first-order valence-electron chi connectivity index (χ1n) is 18.5. The molecule has 3 aromatic rings. The summed E-state index contributed by atoms with van der Waals surface area (Å²) in [5.74, 6) is -3.39. The van der Waals surface area contributed by atoms with Crippen molar-refractivity contribution >= 4 is 44.7 Å². The summed E-state index contributed by atoms with van der Waals surface area (Å²) in [6.45, 7) is 5.11. The Labute approximate surface area is 312 Å². The molecule has 2 aliphatic heterocycles. The van der Waals surface area contributed by atoms with Gasteiger partial charge in [-0.2, -0.15) is 5.10 Å². The molecular weight excluding hydrogens is 720 g/mol. The maximum atomic E-state index is 14.5. The lowest BCUT2D eigenvalue weighted by Crippen LogP contribution is -2.58. The van der Waals surface area contributed by atoms with Gasteiger partial charge in [-0.15, -0.1) is 0 Å². The number of aromatic amines is 1. The number of sulfonamides is 1. The van der Waals surface area contributed by atoms with Crippen molar-refractivity contribution in [2.45, 2.75) is 113 Å². The van der Waals surface area contributed by atoms with Crippen molar-refractivity contribution in [1.29, 1.82) is 0 Å². The van der Waals surface area contributed by atoms with E-state index in [1.165, 1.54) is 23.1 Å². The third-order valence-corrected chi connectivity index (χ3v) is 13.2. The van der Waals surface area contributed by atoms with E-state index >= 15 is 0 Å². The number of H-pyrrole nitrogens is 1. The number of aryl methyl sites for hydroxylation is 2. The number of hydrogen-bond donors (Lipinski definition) is 4. The quantitative estimate of drug-likeness (QED) is 0.247. The van der Waals surface area contributed by atoms with Gasteiger partial charge in [0.05, 0.1) is 22.3 Å². The number of nitrogens with one attached hydrogen (secondary N) is 4. The predicted molar refractivity (Wildman–Crippen MR) is 194 cm³/mol. The van der Waals surface area contributed by atoms with Crippen LogP contribution in [0.25, 0.3) is 11.0 Å². The Hall–Kier alpha value is -4.93. The topological polar surface area (TPSA) is 205 Å². The zero-order valence-electron chi connectivity index (χ0n) is 30.5. The van der Waals surface area contributed by atoms with E-state index in [0.29, 0.717) is 55.4 Å². The first-order chi connectivity index (χ1) is 25.7. The maximum Gasteiger partial charge on any atom is 0.272 e. The lowest BCUT2D eigenvalue weighted by atomic mass is 10.0. The summed E-state index contributed by atoms with van der Waals surface area (Å²) < 4.78 is 47.9. The highest BCUT2D eigenvalue weighted by Crippen LogP contribution is 2.47. The van der Waals surface area contributed by atoms with Crippen LogP contribution in [-0.2, 0) is 30.8 Å². The number of halogens is 1. The Kier molecular flexibility index (Phi) is 9.95. The van der Waals surface area contributed by atoms with Crippen LogP contribution < -0.4 is 20.1 Å². The van der Waals surface area contributed by atoms with Crippen LogP contribution in [-0.4, -0.2) is 92.1 Å². The van der Waals surface area contributed by atoms with Gasteiger partial charge in [0.1, 0.15) is 40.9 Å². The van der Waals surface area contributed by atoms with Gasteiger partial charge in [0.15, 0.2) is 0 Å². The van der Waals surface area contributed by atoms with Crippen LogP contribution in [0.5, 0.6) is 5.88 Å². The first-order valence-corrected chi connectivity index (χ1v) is 20.0. The molecular formula is C37H45FN8O7S. The van der Waals surface area contributed by atoms with Crippen molar-refractivity contribution in [3.63, 3.8) is 0 Å². The number of carbonyl (C=O) groups excluding carboxylic acids is 4. The second-order valence-electron chi connectivity index (χ2n) is 15.1. The predicted octanol–water partition coefficient (Wildman–Crippen LogP) is 2.90.